The monoisotopic (exact) mass is 466 g/mol. The highest BCUT2D eigenvalue weighted by Crippen LogP contribution is 2.50. The van der Waals surface area contributed by atoms with Crippen molar-refractivity contribution in [1.29, 1.82) is 0 Å². The number of piperidine rings is 1. The Morgan fingerprint density at radius 3 is 2.53 bits per heavy atom. The van der Waals surface area contributed by atoms with E-state index in [2.05, 4.69) is 28.9 Å². The first-order chi connectivity index (χ1) is 16.6. The summed E-state index contributed by atoms with van der Waals surface area (Å²) in [6, 6.07) is 8.77. The first-order valence-corrected chi connectivity index (χ1v) is 13.1. The highest BCUT2D eigenvalue weighted by Gasteiger charge is 2.43. The Labute approximate surface area is 202 Å². The van der Waals surface area contributed by atoms with Crippen molar-refractivity contribution in [3.63, 3.8) is 0 Å². The Balaban J connectivity index is 0.993. The minimum Gasteiger partial charge on any atom is -0.494 e. The molecule has 3 aliphatic rings. The summed E-state index contributed by atoms with van der Waals surface area (Å²) >= 11 is 0. The number of nitrogens with zero attached hydrogens (tertiary/aromatic N) is 4. The topological polar surface area (TPSA) is 71.7 Å². The number of carbonyl (C=O) groups excluding carboxylic acids is 1. The second-order valence-electron chi connectivity index (χ2n) is 10.6. The van der Waals surface area contributed by atoms with E-state index >= 15 is 0 Å². The molecular formula is C27H38N4O3. The van der Waals surface area contributed by atoms with Gasteiger partial charge in [-0.3, -0.25) is 4.79 Å². The van der Waals surface area contributed by atoms with Crippen LogP contribution in [0.1, 0.15) is 69.7 Å². The molecular weight excluding hydrogens is 428 g/mol. The van der Waals surface area contributed by atoms with Crippen molar-refractivity contribution < 1.29 is 14.1 Å². The molecule has 1 aromatic heterocycles. The maximum atomic E-state index is 12.3. The normalized spacial score (nSPS) is 23.0. The van der Waals surface area contributed by atoms with E-state index in [-0.39, 0.29) is 5.91 Å². The Bertz CT molecular complexity index is 943. The fourth-order valence-corrected chi connectivity index (χ4v) is 5.57. The molecule has 34 heavy (non-hydrogen) atoms. The maximum absolute atomic E-state index is 12.3. The molecule has 0 spiro atoms. The van der Waals surface area contributed by atoms with Gasteiger partial charge in [0.2, 0.25) is 5.91 Å². The van der Waals surface area contributed by atoms with Gasteiger partial charge in [-0.1, -0.05) is 31.1 Å². The number of carbonyl (C=O) groups is 1. The molecule has 0 N–H and O–H groups in total. The largest absolute Gasteiger partial charge is 0.494 e. The molecule has 1 saturated carbocycles. The lowest BCUT2D eigenvalue weighted by atomic mass is 9.90. The van der Waals surface area contributed by atoms with Gasteiger partial charge < -0.3 is 19.1 Å². The number of amides is 1. The van der Waals surface area contributed by atoms with E-state index in [0.717, 1.165) is 86.9 Å². The summed E-state index contributed by atoms with van der Waals surface area (Å²) < 4.78 is 11.5. The number of aromatic nitrogens is 2. The average molecular weight is 467 g/mol. The summed E-state index contributed by atoms with van der Waals surface area (Å²) in [4.78, 5) is 21.1. The molecule has 2 aliphatic heterocycles. The SMILES string of the molecule is CC(C)c1noc(N2CCC([C@H]3C[C@H]3CCOc3ccc(CC(=O)N4CCCC4)cc3)CC2)n1. The molecule has 7 heteroatoms. The van der Waals surface area contributed by atoms with Crippen LogP contribution in [0.2, 0.25) is 0 Å². The molecule has 1 aliphatic carbocycles. The summed E-state index contributed by atoms with van der Waals surface area (Å²) in [7, 11) is 0. The second-order valence-corrected chi connectivity index (χ2v) is 10.6. The molecule has 3 heterocycles. The van der Waals surface area contributed by atoms with Crippen LogP contribution in [0.3, 0.4) is 0 Å². The third-order valence-electron chi connectivity index (χ3n) is 7.84. The standard InChI is InChI=1S/C27H38N4O3/c1-19(2)26-28-27(34-29-26)31-14-9-21(10-15-31)24-18-22(24)11-16-33-23-7-5-20(6-8-23)17-25(32)30-12-3-4-13-30/h5-8,19,21-22,24H,3-4,9-18H2,1-2H3/t22-,24-/m1/s1. The number of hydrogen-bond acceptors (Lipinski definition) is 6. The molecule has 2 aromatic rings. The van der Waals surface area contributed by atoms with Crippen molar-refractivity contribution in [2.45, 2.75) is 64.7 Å². The van der Waals surface area contributed by atoms with Crippen LogP contribution in [0.25, 0.3) is 0 Å². The second kappa shape index (κ2) is 10.4. The minimum absolute atomic E-state index is 0.245. The Hall–Kier alpha value is -2.57. The molecule has 7 nitrogen and oxygen atoms in total. The van der Waals surface area contributed by atoms with Gasteiger partial charge in [0, 0.05) is 32.1 Å². The zero-order valence-corrected chi connectivity index (χ0v) is 20.6. The number of likely N-dealkylation sites (tertiary alicyclic amines) is 1. The summed E-state index contributed by atoms with van der Waals surface area (Å²) in [5, 5.41) is 4.10. The first-order valence-electron chi connectivity index (χ1n) is 13.1. The van der Waals surface area contributed by atoms with Crippen LogP contribution >= 0.6 is 0 Å². The fraction of sp³-hybridized carbons (Fsp3) is 0.667. The summed E-state index contributed by atoms with van der Waals surface area (Å²) in [5.41, 5.74) is 1.07. The van der Waals surface area contributed by atoms with E-state index in [9.17, 15) is 4.79 Å². The van der Waals surface area contributed by atoms with E-state index in [4.69, 9.17) is 9.26 Å². The third kappa shape index (κ3) is 5.56. The summed E-state index contributed by atoms with van der Waals surface area (Å²) in [6.07, 6.45) is 7.65. The molecule has 0 radical (unpaired) electrons. The fourth-order valence-electron chi connectivity index (χ4n) is 5.57. The van der Waals surface area contributed by atoms with Crippen molar-refractivity contribution in [1.82, 2.24) is 15.0 Å². The van der Waals surface area contributed by atoms with Gasteiger partial charge in [0.15, 0.2) is 5.82 Å². The van der Waals surface area contributed by atoms with Gasteiger partial charge in [-0.2, -0.15) is 4.98 Å². The zero-order chi connectivity index (χ0) is 23.5. The lowest BCUT2D eigenvalue weighted by molar-refractivity contribution is -0.129. The number of ether oxygens (including phenoxy) is 1. The number of rotatable bonds is 9. The average Bonchev–Trinajstić information content (AvgIpc) is 3.23. The molecule has 2 saturated heterocycles. The Morgan fingerprint density at radius 1 is 1.12 bits per heavy atom. The molecule has 184 valence electrons. The summed E-state index contributed by atoms with van der Waals surface area (Å²) in [5.74, 6) is 4.69. The Morgan fingerprint density at radius 2 is 1.85 bits per heavy atom. The van der Waals surface area contributed by atoms with Gasteiger partial charge in [-0.15, -0.1) is 0 Å². The van der Waals surface area contributed by atoms with Gasteiger partial charge in [0.25, 0.3) is 0 Å². The highest BCUT2D eigenvalue weighted by atomic mass is 16.5. The summed E-state index contributed by atoms with van der Waals surface area (Å²) in [6.45, 7) is 8.80. The van der Waals surface area contributed by atoms with Crippen LogP contribution in [-0.4, -0.2) is 53.7 Å². The van der Waals surface area contributed by atoms with Crippen LogP contribution in [0, 0.1) is 17.8 Å². The van der Waals surface area contributed by atoms with Gasteiger partial charge in [-0.25, -0.2) is 0 Å². The van der Waals surface area contributed by atoms with Gasteiger partial charge in [-0.05, 0) is 74.0 Å². The van der Waals surface area contributed by atoms with Crippen LogP contribution < -0.4 is 9.64 Å². The van der Waals surface area contributed by atoms with Crippen molar-refractivity contribution in [2.75, 3.05) is 37.7 Å². The lowest BCUT2D eigenvalue weighted by Gasteiger charge is -2.30. The van der Waals surface area contributed by atoms with Crippen molar-refractivity contribution in [3.05, 3.63) is 35.7 Å². The number of hydrogen-bond donors (Lipinski definition) is 0. The smallest absolute Gasteiger partial charge is 0.324 e. The zero-order valence-electron chi connectivity index (χ0n) is 20.6. The third-order valence-corrected chi connectivity index (χ3v) is 7.84. The van der Waals surface area contributed by atoms with Crippen molar-refractivity contribution in [3.8, 4) is 5.75 Å². The van der Waals surface area contributed by atoms with Crippen molar-refractivity contribution >= 4 is 11.9 Å². The van der Waals surface area contributed by atoms with Crippen LogP contribution in [0.15, 0.2) is 28.8 Å². The quantitative estimate of drug-likeness (QED) is 0.534. The predicted molar refractivity (Wildman–Crippen MR) is 131 cm³/mol. The molecule has 1 amide bonds. The molecule has 2 atom stereocenters. The van der Waals surface area contributed by atoms with Crippen LogP contribution in [0.4, 0.5) is 6.01 Å². The van der Waals surface area contributed by atoms with E-state index in [1.54, 1.807) is 0 Å². The molecule has 3 fully saturated rings. The highest BCUT2D eigenvalue weighted by molar-refractivity contribution is 5.79. The van der Waals surface area contributed by atoms with E-state index in [0.29, 0.717) is 18.4 Å². The van der Waals surface area contributed by atoms with Crippen molar-refractivity contribution in [2.24, 2.45) is 17.8 Å². The number of anilines is 1. The molecule has 5 rings (SSSR count). The lowest BCUT2D eigenvalue weighted by Crippen LogP contribution is -2.34. The van der Waals surface area contributed by atoms with Gasteiger partial charge >= 0.3 is 6.01 Å². The molecule has 0 bridgehead atoms. The minimum atomic E-state index is 0.245. The first kappa shape index (κ1) is 23.2. The Kier molecular flexibility index (Phi) is 7.07. The van der Waals surface area contributed by atoms with Crippen LogP contribution in [-0.2, 0) is 11.2 Å². The van der Waals surface area contributed by atoms with E-state index < -0.39 is 0 Å². The van der Waals surface area contributed by atoms with Gasteiger partial charge in [0.05, 0.1) is 13.0 Å². The van der Waals surface area contributed by atoms with Crippen LogP contribution in [0.5, 0.6) is 5.75 Å². The molecule has 0 unspecified atom stereocenters. The maximum Gasteiger partial charge on any atom is 0.324 e. The number of benzene rings is 1. The van der Waals surface area contributed by atoms with Gasteiger partial charge in [0.1, 0.15) is 5.75 Å². The molecule has 1 aromatic carbocycles. The van der Waals surface area contributed by atoms with E-state index in [1.165, 1.54) is 19.3 Å². The predicted octanol–water partition coefficient (Wildman–Crippen LogP) is 4.68. The van der Waals surface area contributed by atoms with E-state index in [1.807, 2.05) is 29.2 Å².